The van der Waals surface area contributed by atoms with Gasteiger partial charge in [0.2, 0.25) is 0 Å². The first kappa shape index (κ1) is 10.8. The molecule has 0 bridgehead atoms. The quantitative estimate of drug-likeness (QED) is 0.550. The largest absolute Gasteiger partial charge is 0.489 e. The van der Waals surface area contributed by atoms with Gasteiger partial charge in [-0.25, -0.2) is 0 Å². The lowest BCUT2D eigenvalue weighted by molar-refractivity contribution is 0.219. The lowest BCUT2D eigenvalue weighted by Gasteiger charge is -2.14. The molecule has 1 aromatic carbocycles. The van der Waals surface area contributed by atoms with Crippen LogP contribution in [-0.4, -0.2) is 19.2 Å². The number of ether oxygens (including phenoxy) is 1. The van der Waals surface area contributed by atoms with Crippen molar-refractivity contribution in [3.63, 3.8) is 0 Å². The molecule has 14 heavy (non-hydrogen) atoms. The van der Waals surface area contributed by atoms with E-state index in [1.54, 1.807) is 0 Å². The van der Waals surface area contributed by atoms with Gasteiger partial charge in [0, 0.05) is 13.1 Å². The van der Waals surface area contributed by atoms with Crippen molar-refractivity contribution in [2.75, 3.05) is 13.1 Å². The SMILES string of the molecule is C=CCNCC(C)Oc1ccccc1. The van der Waals surface area contributed by atoms with Crippen LogP contribution < -0.4 is 10.1 Å². The summed E-state index contributed by atoms with van der Waals surface area (Å²) in [4.78, 5) is 0. The van der Waals surface area contributed by atoms with E-state index < -0.39 is 0 Å². The van der Waals surface area contributed by atoms with E-state index >= 15 is 0 Å². The van der Waals surface area contributed by atoms with E-state index in [0.717, 1.165) is 18.8 Å². The van der Waals surface area contributed by atoms with Crippen LogP contribution in [0.5, 0.6) is 5.75 Å². The molecule has 0 saturated carbocycles. The van der Waals surface area contributed by atoms with Crippen LogP contribution in [0.4, 0.5) is 0 Å². The Bertz CT molecular complexity index is 258. The zero-order valence-corrected chi connectivity index (χ0v) is 8.57. The number of hydrogen-bond donors (Lipinski definition) is 1. The summed E-state index contributed by atoms with van der Waals surface area (Å²) in [5.41, 5.74) is 0. The third kappa shape index (κ3) is 4.10. The summed E-state index contributed by atoms with van der Waals surface area (Å²) in [7, 11) is 0. The van der Waals surface area contributed by atoms with Gasteiger partial charge in [-0.3, -0.25) is 0 Å². The highest BCUT2D eigenvalue weighted by Crippen LogP contribution is 2.10. The monoisotopic (exact) mass is 191 g/mol. The van der Waals surface area contributed by atoms with Crippen molar-refractivity contribution in [3.05, 3.63) is 43.0 Å². The molecule has 0 aliphatic rings. The summed E-state index contributed by atoms with van der Waals surface area (Å²) in [5, 5.41) is 3.21. The summed E-state index contributed by atoms with van der Waals surface area (Å²) in [6, 6.07) is 9.85. The second kappa shape index (κ2) is 6.22. The summed E-state index contributed by atoms with van der Waals surface area (Å²) >= 11 is 0. The average molecular weight is 191 g/mol. The van der Waals surface area contributed by atoms with E-state index in [1.165, 1.54) is 0 Å². The first-order valence-corrected chi connectivity index (χ1v) is 4.86. The van der Waals surface area contributed by atoms with Crippen LogP contribution in [0.25, 0.3) is 0 Å². The van der Waals surface area contributed by atoms with Crippen LogP contribution in [0.3, 0.4) is 0 Å². The van der Waals surface area contributed by atoms with Crippen LogP contribution >= 0.6 is 0 Å². The Hall–Kier alpha value is -1.28. The maximum Gasteiger partial charge on any atom is 0.119 e. The third-order valence-corrected chi connectivity index (χ3v) is 1.80. The predicted molar refractivity (Wildman–Crippen MR) is 59.6 cm³/mol. The molecule has 0 spiro atoms. The molecule has 0 aliphatic heterocycles. The van der Waals surface area contributed by atoms with E-state index in [0.29, 0.717) is 0 Å². The highest BCUT2D eigenvalue weighted by Gasteiger charge is 2.01. The van der Waals surface area contributed by atoms with Gasteiger partial charge < -0.3 is 10.1 Å². The maximum absolute atomic E-state index is 5.66. The molecule has 1 aromatic rings. The fourth-order valence-electron chi connectivity index (χ4n) is 1.16. The van der Waals surface area contributed by atoms with Crippen LogP contribution in [0.2, 0.25) is 0 Å². The fourth-order valence-corrected chi connectivity index (χ4v) is 1.16. The summed E-state index contributed by atoms with van der Waals surface area (Å²) in [6.45, 7) is 7.34. The number of hydrogen-bond acceptors (Lipinski definition) is 2. The van der Waals surface area contributed by atoms with Crippen molar-refractivity contribution in [3.8, 4) is 5.75 Å². The molecule has 0 aromatic heterocycles. The zero-order chi connectivity index (χ0) is 10.2. The molecule has 0 heterocycles. The predicted octanol–water partition coefficient (Wildman–Crippen LogP) is 2.23. The van der Waals surface area contributed by atoms with Gasteiger partial charge >= 0.3 is 0 Å². The lowest BCUT2D eigenvalue weighted by Crippen LogP contribution is -2.28. The smallest absolute Gasteiger partial charge is 0.119 e. The summed E-state index contributed by atoms with van der Waals surface area (Å²) < 4.78 is 5.66. The van der Waals surface area contributed by atoms with Gasteiger partial charge in [-0.05, 0) is 19.1 Å². The second-order valence-electron chi connectivity index (χ2n) is 3.19. The topological polar surface area (TPSA) is 21.3 Å². The number of para-hydroxylation sites is 1. The Labute approximate surface area is 85.6 Å². The molecule has 0 aliphatic carbocycles. The molecule has 76 valence electrons. The van der Waals surface area contributed by atoms with Crippen LogP contribution in [0.15, 0.2) is 43.0 Å². The number of nitrogens with one attached hydrogen (secondary N) is 1. The zero-order valence-electron chi connectivity index (χ0n) is 8.57. The average Bonchev–Trinajstić information content (AvgIpc) is 2.20. The third-order valence-electron chi connectivity index (χ3n) is 1.80. The molecule has 2 nitrogen and oxygen atoms in total. The molecule has 1 unspecified atom stereocenters. The van der Waals surface area contributed by atoms with Gasteiger partial charge in [-0.2, -0.15) is 0 Å². The van der Waals surface area contributed by atoms with Crippen molar-refractivity contribution in [2.24, 2.45) is 0 Å². The Kier molecular flexibility index (Phi) is 4.79. The van der Waals surface area contributed by atoms with Gasteiger partial charge in [0.05, 0.1) is 0 Å². The molecular formula is C12H17NO. The highest BCUT2D eigenvalue weighted by atomic mass is 16.5. The maximum atomic E-state index is 5.66. The van der Waals surface area contributed by atoms with Gasteiger partial charge in [0.25, 0.3) is 0 Å². The molecular weight excluding hydrogens is 174 g/mol. The molecule has 0 saturated heterocycles. The highest BCUT2D eigenvalue weighted by molar-refractivity contribution is 5.21. The Morgan fingerprint density at radius 3 is 2.79 bits per heavy atom. The minimum atomic E-state index is 0.178. The molecule has 1 N–H and O–H groups in total. The fraction of sp³-hybridized carbons (Fsp3) is 0.333. The molecule has 2 heteroatoms. The minimum absolute atomic E-state index is 0.178. The van der Waals surface area contributed by atoms with Crippen molar-refractivity contribution >= 4 is 0 Å². The molecule has 0 amide bonds. The van der Waals surface area contributed by atoms with Crippen molar-refractivity contribution < 1.29 is 4.74 Å². The number of rotatable bonds is 6. The number of benzene rings is 1. The first-order chi connectivity index (χ1) is 6.83. The Morgan fingerprint density at radius 2 is 2.14 bits per heavy atom. The molecule has 1 atom stereocenters. The van der Waals surface area contributed by atoms with Gasteiger partial charge in [0.15, 0.2) is 0 Å². The van der Waals surface area contributed by atoms with E-state index in [4.69, 9.17) is 4.74 Å². The van der Waals surface area contributed by atoms with Crippen molar-refractivity contribution in [1.82, 2.24) is 5.32 Å². The molecule has 0 fully saturated rings. The van der Waals surface area contributed by atoms with E-state index in [-0.39, 0.29) is 6.10 Å². The molecule has 1 rings (SSSR count). The van der Waals surface area contributed by atoms with E-state index in [9.17, 15) is 0 Å². The standard InChI is InChI=1S/C12H17NO/c1-3-9-13-10-11(2)14-12-7-5-4-6-8-12/h3-8,11,13H,1,9-10H2,2H3. The van der Waals surface area contributed by atoms with Gasteiger partial charge in [-0.15, -0.1) is 6.58 Å². The summed E-state index contributed by atoms with van der Waals surface area (Å²) in [5.74, 6) is 0.917. The Morgan fingerprint density at radius 1 is 1.43 bits per heavy atom. The normalized spacial score (nSPS) is 12.1. The first-order valence-electron chi connectivity index (χ1n) is 4.86. The van der Waals surface area contributed by atoms with Gasteiger partial charge in [-0.1, -0.05) is 24.3 Å². The molecule has 0 radical (unpaired) electrons. The van der Waals surface area contributed by atoms with Crippen LogP contribution in [0, 0.1) is 0 Å². The van der Waals surface area contributed by atoms with Gasteiger partial charge in [0.1, 0.15) is 11.9 Å². The van der Waals surface area contributed by atoms with Crippen molar-refractivity contribution in [2.45, 2.75) is 13.0 Å². The summed E-state index contributed by atoms with van der Waals surface area (Å²) in [6.07, 6.45) is 2.02. The van der Waals surface area contributed by atoms with E-state index in [2.05, 4.69) is 11.9 Å². The van der Waals surface area contributed by atoms with Crippen LogP contribution in [-0.2, 0) is 0 Å². The lowest BCUT2D eigenvalue weighted by atomic mass is 10.3. The van der Waals surface area contributed by atoms with Crippen LogP contribution in [0.1, 0.15) is 6.92 Å². The second-order valence-corrected chi connectivity index (χ2v) is 3.19. The van der Waals surface area contributed by atoms with E-state index in [1.807, 2.05) is 43.3 Å². The minimum Gasteiger partial charge on any atom is -0.489 e. The van der Waals surface area contributed by atoms with Crippen molar-refractivity contribution in [1.29, 1.82) is 0 Å². The Balaban J connectivity index is 2.26.